The van der Waals surface area contributed by atoms with Crippen LogP contribution in [-0.4, -0.2) is 19.1 Å². The van der Waals surface area contributed by atoms with Crippen molar-refractivity contribution in [2.24, 2.45) is 0 Å². The average Bonchev–Trinajstić information content (AvgIpc) is 3.87. The molecule has 0 saturated carbocycles. The normalized spacial score (nSPS) is 11.4. The fourth-order valence-electron chi connectivity index (χ4n) is 8.64. The molecule has 0 radical (unpaired) electrons. The van der Waals surface area contributed by atoms with Crippen LogP contribution in [0.4, 0.5) is 0 Å². The van der Waals surface area contributed by atoms with Gasteiger partial charge in [0.05, 0.1) is 33.6 Å². The molecule has 62 heavy (non-hydrogen) atoms. The highest BCUT2D eigenvalue weighted by molar-refractivity contribution is 6.16. The molecule has 0 aliphatic heterocycles. The van der Waals surface area contributed by atoms with Crippen LogP contribution in [0.15, 0.2) is 232 Å². The molecule has 0 amide bonds. The molecule has 0 atom stereocenters. The van der Waals surface area contributed by atoms with Crippen molar-refractivity contribution in [1.82, 2.24) is 19.1 Å². The second-order valence-corrected chi connectivity index (χ2v) is 15.3. The fourth-order valence-corrected chi connectivity index (χ4v) is 8.64. The first-order chi connectivity index (χ1) is 30.5. The van der Waals surface area contributed by atoms with E-state index in [1.165, 1.54) is 0 Å². The number of para-hydroxylation sites is 3. The molecule has 0 bridgehead atoms. The third kappa shape index (κ3) is 6.70. The van der Waals surface area contributed by atoms with Crippen molar-refractivity contribution in [3.8, 4) is 50.7 Å². The van der Waals surface area contributed by atoms with Crippen molar-refractivity contribution in [2.75, 3.05) is 0 Å². The summed E-state index contributed by atoms with van der Waals surface area (Å²) in [5.74, 6) is 0.673. The SMILES string of the molecule is C=Cc1c(C(=C)C(=C)/C=C\C(=C)n2c3ccccc3c3c(-c4cccc(-c5nc(-c6ccccc6)cc(-c6ccccc6)n5)c4)cccc32)c2ccccc2n1-c1ccccc1. The maximum Gasteiger partial charge on any atom is 0.160 e. The van der Waals surface area contributed by atoms with Crippen LogP contribution >= 0.6 is 0 Å². The van der Waals surface area contributed by atoms with E-state index in [0.717, 1.165) is 106 Å². The lowest BCUT2D eigenvalue weighted by atomic mass is 9.97. The van der Waals surface area contributed by atoms with Gasteiger partial charge in [0.1, 0.15) is 0 Å². The van der Waals surface area contributed by atoms with Crippen molar-refractivity contribution in [2.45, 2.75) is 0 Å². The van der Waals surface area contributed by atoms with Crippen LogP contribution < -0.4 is 0 Å². The van der Waals surface area contributed by atoms with E-state index in [2.05, 4.69) is 181 Å². The summed E-state index contributed by atoms with van der Waals surface area (Å²) >= 11 is 0. The Balaban J connectivity index is 1.03. The maximum absolute atomic E-state index is 5.13. The summed E-state index contributed by atoms with van der Waals surface area (Å²) < 4.78 is 4.47. The number of allylic oxidation sites excluding steroid dienone is 5. The number of fused-ring (bicyclic) bond motifs is 4. The summed E-state index contributed by atoms with van der Waals surface area (Å²) in [5.41, 5.74) is 15.7. The molecule has 0 aliphatic rings. The van der Waals surface area contributed by atoms with Crippen molar-refractivity contribution < 1.29 is 0 Å². The van der Waals surface area contributed by atoms with E-state index in [1.54, 1.807) is 0 Å². The van der Waals surface area contributed by atoms with Crippen molar-refractivity contribution >= 4 is 50.1 Å². The maximum atomic E-state index is 5.13. The van der Waals surface area contributed by atoms with Crippen LogP contribution in [0.25, 0.3) is 101 Å². The first-order valence-corrected chi connectivity index (χ1v) is 20.7. The third-order valence-corrected chi connectivity index (χ3v) is 11.6. The summed E-state index contributed by atoms with van der Waals surface area (Å²) in [6.45, 7) is 17.9. The van der Waals surface area contributed by atoms with Gasteiger partial charge in [-0.05, 0) is 76.9 Å². The van der Waals surface area contributed by atoms with E-state index in [1.807, 2.05) is 60.7 Å². The van der Waals surface area contributed by atoms with E-state index >= 15 is 0 Å². The summed E-state index contributed by atoms with van der Waals surface area (Å²) in [6.07, 6.45) is 5.97. The van der Waals surface area contributed by atoms with Gasteiger partial charge in [-0.3, -0.25) is 0 Å². The molecule has 3 aromatic heterocycles. The van der Waals surface area contributed by atoms with Crippen molar-refractivity contribution in [3.05, 3.63) is 243 Å². The second-order valence-electron chi connectivity index (χ2n) is 15.3. The average molecular weight is 795 g/mol. The van der Waals surface area contributed by atoms with Gasteiger partial charge < -0.3 is 9.13 Å². The lowest BCUT2D eigenvalue weighted by molar-refractivity contribution is 1.10. The second kappa shape index (κ2) is 16.0. The molecular weight excluding hydrogens is 753 g/mol. The number of rotatable bonds is 11. The van der Waals surface area contributed by atoms with Gasteiger partial charge in [-0.15, -0.1) is 0 Å². The molecule has 0 N–H and O–H groups in total. The number of hydrogen-bond donors (Lipinski definition) is 0. The number of benzene rings is 7. The van der Waals surface area contributed by atoms with Crippen LogP contribution in [0.1, 0.15) is 11.3 Å². The van der Waals surface area contributed by atoms with Gasteiger partial charge in [0.15, 0.2) is 5.82 Å². The Morgan fingerprint density at radius 2 is 1.03 bits per heavy atom. The van der Waals surface area contributed by atoms with Gasteiger partial charge in [-0.2, -0.15) is 0 Å². The van der Waals surface area contributed by atoms with Crippen LogP contribution in [0.3, 0.4) is 0 Å². The molecular formula is C58H42N4. The summed E-state index contributed by atoms with van der Waals surface area (Å²) in [7, 11) is 0. The fraction of sp³-hybridized carbons (Fsp3) is 0. The lowest BCUT2D eigenvalue weighted by Gasteiger charge is -2.12. The van der Waals surface area contributed by atoms with E-state index in [9.17, 15) is 0 Å². The summed E-state index contributed by atoms with van der Waals surface area (Å²) in [5, 5.41) is 3.38. The molecule has 3 heterocycles. The highest BCUT2D eigenvalue weighted by Crippen LogP contribution is 2.41. The highest BCUT2D eigenvalue weighted by atomic mass is 15.0. The minimum absolute atomic E-state index is 0.673. The molecule has 0 aliphatic carbocycles. The first kappa shape index (κ1) is 37.9. The predicted molar refractivity (Wildman–Crippen MR) is 263 cm³/mol. The van der Waals surface area contributed by atoms with Gasteiger partial charge in [-0.25, -0.2) is 9.97 Å². The van der Waals surface area contributed by atoms with E-state index in [4.69, 9.17) is 9.97 Å². The number of nitrogens with zero attached hydrogens (tertiary/aromatic N) is 4. The van der Waals surface area contributed by atoms with Gasteiger partial charge in [0.25, 0.3) is 0 Å². The zero-order valence-electron chi connectivity index (χ0n) is 34.2. The Morgan fingerprint density at radius 3 is 1.71 bits per heavy atom. The predicted octanol–water partition coefficient (Wildman–Crippen LogP) is 15.1. The minimum atomic E-state index is 0.673. The Bertz CT molecular complexity index is 3340. The Labute approximate surface area is 361 Å². The molecule has 0 saturated heterocycles. The zero-order chi connectivity index (χ0) is 42.2. The Kier molecular flexibility index (Phi) is 9.79. The first-order valence-electron chi connectivity index (χ1n) is 20.7. The standard InChI is InChI=1S/C58H42N4/c1-5-52-56(48-29-15-18-33-54(48)62(52)46-27-13-8-14-28-46)41(4)39(2)35-36-40(3)61-53-32-17-16-30-49(53)57-47(31-20-34-55(57)61)44-25-19-26-45(37-44)58-59-50(42-21-9-6-10-22-42)38-51(60-58)43-23-11-7-12-24-43/h5-38H,1-4H2/b36-35-. The van der Waals surface area contributed by atoms with Crippen LogP contribution in [0, 0.1) is 0 Å². The molecule has 0 fully saturated rings. The Morgan fingerprint density at radius 1 is 0.484 bits per heavy atom. The minimum Gasteiger partial charge on any atom is -0.310 e. The van der Waals surface area contributed by atoms with Crippen LogP contribution in [0.2, 0.25) is 0 Å². The quantitative estimate of drug-likeness (QED) is 0.122. The van der Waals surface area contributed by atoms with E-state index in [0.29, 0.717) is 5.82 Å². The third-order valence-electron chi connectivity index (χ3n) is 11.6. The topological polar surface area (TPSA) is 35.6 Å². The number of hydrogen-bond acceptors (Lipinski definition) is 2. The largest absolute Gasteiger partial charge is 0.310 e. The van der Waals surface area contributed by atoms with Crippen LogP contribution in [-0.2, 0) is 0 Å². The van der Waals surface area contributed by atoms with Gasteiger partial charge in [0, 0.05) is 49.8 Å². The highest BCUT2D eigenvalue weighted by Gasteiger charge is 2.20. The van der Waals surface area contributed by atoms with Gasteiger partial charge in [-0.1, -0.05) is 178 Å². The monoisotopic (exact) mass is 794 g/mol. The molecule has 10 rings (SSSR count). The number of aromatic nitrogens is 4. The zero-order valence-corrected chi connectivity index (χ0v) is 34.2. The van der Waals surface area contributed by atoms with Crippen molar-refractivity contribution in [1.29, 1.82) is 0 Å². The van der Waals surface area contributed by atoms with Gasteiger partial charge in [0.2, 0.25) is 0 Å². The van der Waals surface area contributed by atoms with Gasteiger partial charge >= 0.3 is 0 Å². The molecule has 10 aromatic rings. The molecule has 4 heteroatoms. The molecule has 294 valence electrons. The summed E-state index contributed by atoms with van der Waals surface area (Å²) in [6, 6.07) is 65.0. The Hall–Kier alpha value is -8.34. The van der Waals surface area contributed by atoms with E-state index < -0.39 is 0 Å². The molecule has 0 unspecified atom stereocenters. The van der Waals surface area contributed by atoms with E-state index in [-0.39, 0.29) is 0 Å². The molecule has 0 spiro atoms. The van der Waals surface area contributed by atoms with Crippen molar-refractivity contribution in [3.63, 3.8) is 0 Å². The molecule has 7 aromatic carbocycles. The smallest absolute Gasteiger partial charge is 0.160 e. The lowest BCUT2D eigenvalue weighted by Crippen LogP contribution is -1.97. The molecule has 4 nitrogen and oxygen atoms in total. The summed E-state index contributed by atoms with van der Waals surface area (Å²) in [4.78, 5) is 10.3. The van der Waals surface area contributed by atoms with Crippen LogP contribution in [0.5, 0.6) is 0 Å².